The van der Waals surface area contributed by atoms with Crippen LogP contribution in [0.1, 0.15) is 19.8 Å². The molecule has 2 aromatic heterocycles. The molecule has 0 saturated heterocycles. The lowest BCUT2D eigenvalue weighted by Crippen LogP contribution is -2.31. The summed E-state index contributed by atoms with van der Waals surface area (Å²) >= 11 is 5.83. The van der Waals surface area contributed by atoms with Gasteiger partial charge in [-0.15, -0.1) is 5.10 Å². The number of amides is 2. The Bertz CT molecular complexity index is 734. The lowest BCUT2D eigenvalue weighted by Gasteiger charge is -2.10. The number of halogens is 3. The van der Waals surface area contributed by atoms with E-state index in [4.69, 9.17) is 11.6 Å². The van der Waals surface area contributed by atoms with E-state index in [1.54, 1.807) is 18.3 Å². The predicted octanol–water partition coefficient (Wildman–Crippen LogP) is 2.94. The van der Waals surface area contributed by atoms with Crippen LogP contribution in [0, 0.1) is 5.41 Å². The van der Waals surface area contributed by atoms with E-state index < -0.39 is 17.4 Å². The number of hydrogen-bond donors (Lipinski definition) is 2. The second kappa shape index (κ2) is 5.05. The zero-order chi connectivity index (χ0) is 16.0. The first-order valence-electron chi connectivity index (χ1n) is 6.74. The number of pyridine rings is 1. The fourth-order valence-electron chi connectivity index (χ4n) is 2.22. The number of nitrogens with one attached hydrogen (secondary N) is 2. The van der Waals surface area contributed by atoms with Gasteiger partial charge in [-0.25, -0.2) is 18.1 Å². The van der Waals surface area contributed by atoms with Crippen molar-refractivity contribution in [2.24, 2.45) is 5.41 Å². The summed E-state index contributed by atoms with van der Waals surface area (Å²) in [5, 5.41) is 9.53. The number of nitrogens with zero attached hydrogens (tertiary/aromatic N) is 3. The van der Waals surface area contributed by atoms with Crippen LogP contribution in [0.2, 0.25) is 5.02 Å². The van der Waals surface area contributed by atoms with Gasteiger partial charge in [0.15, 0.2) is 5.65 Å². The van der Waals surface area contributed by atoms with Gasteiger partial charge in [0.05, 0.1) is 0 Å². The predicted molar refractivity (Wildman–Crippen MR) is 77.3 cm³/mol. The molecule has 2 N–H and O–H groups in total. The molecule has 1 atom stereocenters. The molecule has 0 spiro atoms. The highest BCUT2D eigenvalue weighted by Crippen LogP contribution is 2.62. The second-order valence-electron chi connectivity index (χ2n) is 5.66. The highest BCUT2D eigenvalue weighted by molar-refractivity contribution is 6.30. The van der Waals surface area contributed by atoms with Gasteiger partial charge in [0.25, 0.3) is 11.9 Å². The van der Waals surface area contributed by atoms with Crippen molar-refractivity contribution in [3.05, 3.63) is 23.4 Å². The van der Waals surface area contributed by atoms with Crippen molar-refractivity contribution in [2.45, 2.75) is 25.7 Å². The Labute approximate surface area is 129 Å². The minimum atomic E-state index is -2.62. The number of rotatable bonds is 4. The lowest BCUT2D eigenvalue weighted by molar-refractivity contribution is 0.0672. The Balaban J connectivity index is 1.53. The van der Waals surface area contributed by atoms with E-state index in [9.17, 15) is 13.6 Å². The normalized spacial score (nSPS) is 22.5. The molecule has 0 radical (unpaired) electrons. The molecule has 1 aliphatic rings. The van der Waals surface area contributed by atoms with Crippen LogP contribution >= 0.6 is 11.6 Å². The highest BCUT2D eigenvalue weighted by Gasteiger charge is 2.66. The molecule has 0 aliphatic heterocycles. The van der Waals surface area contributed by atoms with Crippen molar-refractivity contribution in [3.8, 4) is 0 Å². The average molecular weight is 330 g/mol. The average Bonchev–Trinajstić information content (AvgIpc) is 2.75. The molecule has 1 aliphatic carbocycles. The Morgan fingerprint density at radius 2 is 2.27 bits per heavy atom. The molecule has 3 rings (SSSR count). The lowest BCUT2D eigenvalue weighted by atomic mass is 10.1. The largest absolute Gasteiger partial charge is 0.338 e. The van der Waals surface area contributed by atoms with Crippen molar-refractivity contribution >= 4 is 29.2 Å². The van der Waals surface area contributed by atoms with Crippen molar-refractivity contribution in [3.63, 3.8) is 0 Å². The van der Waals surface area contributed by atoms with Crippen LogP contribution in [0.25, 0.3) is 5.65 Å². The van der Waals surface area contributed by atoms with Gasteiger partial charge in [-0.2, -0.15) is 4.98 Å². The fraction of sp³-hybridized carbons (Fsp3) is 0.462. The smallest absolute Gasteiger partial charge is 0.321 e. The summed E-state index contributed by atoms with van der Waals surface area (Å²) in [4.78, 5) is 15.8. The monoisotopic (exact) mass is 329 g/mol. The van der Waals surface area contributed by atoms with Gasteiger partial charge in [-0.3, -0.25) is 5.32 Å². The summed E-state index contributed by atoms with van der Waals surface area (Å²) < 4.78 is 27.5. The molecular formula is C13H14ClF2N5O. The Morgan fingerprint density at radius 1 is 1.55 bits per heavy atom. The number of urea groups is 1. The maximum Gasteiger partial charge on any atom is 0.321 e. The highest BCUT2D eigenvalue weighted by atomic mass is 35.5. The number of carbonyl (C=O) groups is 1. The Morgan fingerprint density at radius 3 is 2.95 bits per heavy atom. The third-order valence-corrected chi connectivity index (χ3v) is 4.09. The van der Waals surface area contributed by atoms with Crippen LogP contribution in [-0.4, -0.2) is 33.1 Å². The van der Waals surface area contributed by atoms with Gasteiger partial charge in [0, 0.05) is 35.7 Å². The summed E-state index contributed by atoms with van der Waals surface area (Å²) in [6.45, 7) is 1.68. The van der Waals surface area contributed by atoms with E-state index in [1.165, 1.54) is 11.4 Å². The van der Waals surface area contributed by atoms with E-state index in [2.05, 4.69) is 20.7 Å². The fourth-order valence-corrected chi connectivity index (χ4v) is 2.38. The number of fused-ring (bicyclic) bond motifs is 1. The van der Waals surface area contributed by atoms with Crippen LogP contribution in [0.3, 0.4) is 0 Å². The number of carbonyl (C=O) groups excluding carboxylic acids is 1. The first kappa shape index (κ1) is 15.0. The van der Waals surface area contributed by atoms with Crippen molar-refractivity contribution < 1.29 is 13.6 Å². The van der Waals surface area contributed by atoms with Crippen LogP contribution in [0.5, 0.6) is 0 Å². The maximum atomic E-state index is 13.0. The van der Waals surface area contributed by atoms with Gasteiger partial charge in [0.1, 0.15) is 0 Å². The number of alkyl halides is 2. The maximum absolute atomic E-state index is 13.0. The third kappa shape index (κ3) is 2.83. The summed E-state index contributed by atoms with van der Waals surface area (Å²) in [5.74, 6) is -2.50. The molecule has 1 saturated carbocycles. The minimum absolute atomic E-state index is 0.114. The van der Waals surface area contributed by atoms with E-state index in [0.29, 0.717) is 10.7 Å². The van der Waals surface area contributed by atoms with Crippen LogP contribution in [0.4, 0.5) is 19.5 Å². The first-order chi connectivity index (χ1) is 10.3. The van der Waals surface area contributed by atoms with E-state index in [0.717, 1.165) is 0 Å². The summed E-state index contributed by atoms with van der Waals surface area (Å²) in [6, 6.07) is 2.71. The standard InChI is InChI=1S/C13H14ClF2N5O/c1-12(7-13(12,15)16)3-4-17-11(22)19-10-18-9-6-8(14)2-5-21(9)20-10/h2,5-6H,3-4,7H2,1H3,(H2,17,19,20,22). The quantitative estimate of drug-likeness (QED) is 0.906. The van der Waals surface area contributed by atoms with E-state index >= 15 is 0 Å². The Hall–Kier alpha value is -1.96. The van der Waals surface area contributed by atoms with E-state index in [-0.39, 0.29) is 25.3 Å². The van der Waals surface area contributed by atoms with Crippen LogP contribution in [0.15, 0.2) is 18.3 Å². The Kier molecular flexibility index (Phi) is 3.43. The van der Waals surface area contributed by atoms with Gasteiger partial charge < -0.3 is 5.32 Å². The topological polar surface area (TPSA) is 71.3 Å². The zero-order valence-corrected chi connectivity index (χ0v) is 12.5. The molecule has 6 nitrogen and oxygen atoms in total. The minimum Gasteiger partial charge on any atom is -0.338 e. The number of anilines is 1. The third-order valence-electron chi connectivity index (χ3n) is 3.86. The molecule has 118 valence electrons. The molecule has 2 amide bonds. The van der Waals surface area contributed by atoms with Crippen molar-refractivity contribution in [2.75, 3.05) is 11.9 Å². The molecule has 2 aromatic rings. The van der Waals surface area contributed by atoms with Gasteiger partial charge in [-0.1, -0.05) is 18.5 Å². The molecule has 2 heterocycles. The van der Waals surface area contributed by atoms with Crippen molar-refractivity contribution in [1.29, 1.82) is 0 Å². The van der Waals surface area contributed by atoms with Crippen molar-refractivity contribution in [1.82, 2.24) is 19.9 Å². The molecule has 0 bridgehead atoms. The summed E-state index contributed by atoms with van der Waals surface area (Å²) in [7, 11) is 0. The number of hydrogen-bond acceptors (Lipinski definition) is 3. The van der Waals surface area contributed by atoms with E-state index in [1.807, 2.05) is 0 Å². The summed E-state index contributed by atoms with van der Waals surface area (Å²) in [5.41, 5.74) is -0.508. The van der Waals surface area contributed by atoms with Gasteiger partial charge in [-0.05, 0) is 12.5 Å². The summed E-state index contributed by atoms with van der Waals surface area (Å²) in [6.07, 6.45) is 1.71. The molecule has 22 heavy (non-hydrogen) atoms. The molecule has 1 unspecified atom stereocenters. The van der Waals surface area contributed by atoms with Gasteiger partial charge in [0.2, 0.25) is 0 Å². The van der Waals surface area contributed by atoms with Gasteiger partial charge >= 0.3 is 6.03 Å². The molecular weight excluding hydrogens is 316 g/mol. The second-order valence-corrected chi connectivity index (χ2v) is 6.09. The molecule has 1 fully saturated rings. The molecule has 9 heteroatoms. The molecule has 0 aromatic carbocycles. The number of aromatic nitrogens is 3. The van der Waals surface area contributed by atoms with Crippen LogP contribution in [-0.2, 0) is 0 Å². The SMILES string of the molecule is CC1(CCNC(=O)Nc2nc3cc(Cl)ccn3n2)CC1(F)F. The van der Waals surface area contributed by atoms with Crippen LogP contribution < -0.4 is 10.6 Å². The first-order valence-corrected chi connectivity index (χ1v) is 7.12. The zero-order valence-electron chi connectivity index (χ0n) is 11.7.